The number of piperidine rings is 1. The molecule has 4 heterocycles. The van der Waals surface area contributed by atoms with Crippen molar-refractivity contribution in [2.24, 2.45) is 0 Å². The molecule has 1 aliphatic rings. The third-order valence-electron chi connectivity index (χ3n) is 6.43. The quantitative estimate of drug-likeness (QED) is 0.335. The van der Waals surface area contributed by atoms with Crippen molar-refractivity contribution in [3.05, 3.63) is 75.5 Å². The summed E-state index contributed by atoms with van der Waals surface area (Å²) in [4.78, 5) is 20.4. The van der Waals surface area contributed by atoms with Crippen LogP contribution in [0, 0.1) is 0 Å². The van der Waals surface area contributed by atoms with Crippen LogP contribution in [0.4, 0.5) is 0 Å². The van der Waals surface area contributed by atoms with E-state index in [0.29, 0.717) is 17.8 Å². The first-order valence-electron chi connectivity index (χ1n) is 11.3. The van der Waals surface area contributed by atoms with Gasteiger partial charge in [0.25, 0.3) is 5.56 Å². The van der Waals surface area contributed by atoms with Gasteiger partial charge in [-0.1, -0.05) is 51.5 Å². The van der Waals surface area contributed by atoms with Gasteiger partial charge >= 0.3 is 0 Å². The molecule has 1 fully saturated rings. The topological polar surface area (TPSA) is 81.2 Å². The predicted molar refractivity (Wildman–Crippen MR) is 136 cm³/mol. The van der Waals surface area contributed by atoms with Gasteiger partial charge in [0.2, 0.25) is 4.96 Å². The minimum Gasteiger partial charge on any atom is -0.302 e. The van der Waals surface area contributed by atoms with Gasteiger partial charge in [0, 0.05) is 29.0 Å². The smallest absolute Gasteiger partial charge is 0.261 e. The van der Waals surface area contributed by atoms with Crippen molar-refractivity contribution in [2.45, 2.75) is 25.3 Å². The van der Waals surface area contributed by atoms with E-state index in [1.54, 1.807) is 22.2 Å². The highest BCUT2D eigenvalue weighted by Crippen LogP contribution is 2.31. The molecule has 8 nitrogen and oxygen atoms in total. The lowest BCUT2D eigenvalue weighted by Gasteiger charge is -2.30. The minimum atomic E-state index is 0.0242. The number of hydrogen-bond donors (Lipinski definition) is 0. The Morgan fingerprint density at radius 1 is 1.03 bits per heavy atom. The molecule has 34 heavy (non-hydrogen) atoms. The summed E-state index contributed by atoms with van der Waals surface area (Å²) in [5.74, 6) is 1.27. The summed E-state index contributed by atoms with van der Waals surface area (Å²) in [5.41, 5.74) is 1.84. The Balaban J connectivity index is 1.12. The van der Waals surface area contributed by atoms with Gasteiger partial charge in [-0.3, -0.25) is 9.36 Å². The van der Waals surface area contributed by atoms with E-state index in [2.05, 4.69) is 48.1 Å². The summed E-state index contributed by atoms with van der Waals surface area (Å²) in [7, 11) is 0. The molecule has 0 bridgehead atoms. The third kappa shape index (κ3) is 4.06. The molecule has 6 rings (SSSR count). The Bertz CT molecular complexity index is 1530. The maximum absolute atomic E-state index is 12.7. The summed E-state index contributed by atoms with van der Waals surface area (Å²) >= 11 is 5.09. The van der Waals surface area contributed by atoms with Crippen molar-refractivity contribution < 1.29 is 0 Å². The van der Waals surface area contributed by atoms with Crippen molar-refractivity contribution in [3.63, 3.8) is 0 Å². The van der Waals surface area contributed by atoms with Gasteiger partial charge in [-0.15, -0.1) is 10.2 Å². The molecule has 0 atom stereocenters. The molecular formula is C24H22BrN7OS. The van der Waals surface area contributed by atoms with Crippen LogP contribution in [-0.2, 0) is 6.54 Å². The number of rotatable bonds is 5. The number of hydrogen-bond acceptors (Lipinski definition) is 7. The molecule has 172 valence electrons. The fourth-order valence-corrected chi connectivity index (χ4v) is 5.80. The molecule has 0 radical (unpaired) electrons. The Labute approximate surface area is 208 Å². The zero-order chi connectivity index (χ0) is 23.1. The van der Waals surface area contributed by atoms with E-state index < -0.39 is 0 Å². The van der Waals surface area contributed by atoms with E-state index in [4.69, 9.17) is 5.10 Å². The molecule has 2 aromatic carbocycles. The standard InChI is InChI=1S/C24H22BrN7OS/c25-18-5-3-4-17(14-18)22-29-32-21(27-28-24(32)34-22)16-8-10-30(11-9-16)12-13-31-15-26-20-7-2-1-6-19(20)23(31)33/h1-7,14-16H,8-13H2. The van der Waals surface area contributed by atoms with Crippen molar-refractivity contribution in [1.82, 2.24) is 34.3 Å². The molecule has 3 aromatic heterocycles. The maximum Gasteiger partial charge on any atom is 0.261 e. The fourth-order valence-electron chi connectivity index (χ4n) is 4.55. The van der Waals surface area contributed by atoms with Crippen LogP contribution in [-0.4, -0.2) is 53.9 Å². The Morgan fingerprint density at radius 3 is 2.74 bits per heavy atom. The Kier molecular flexibility index (Phi) is 5.72. The van der Waals surface area contributed by atoms with Gasteiger partial charge in [-0.25, -0.2) is 4.98 Å². The fraction of sp³-hybridized carbons (Fsp3) is 0.292. The van der Waals surface area contributed by atoms with Crippen LogP contribution in [0.15, 0.2) is 64.1 Å². The lowest BCUT2D eigenvalue weighted by molar-refractivity contribution is 0.201. The second-order valence-electron chi connectivity index (χ2n) is 8.55. The normalized spacial score (nSPS) is 15.4. The Morgan fingerprint density at radius 2 is 1.88 bits per heavy atom. The van der Waals surface area contributed by atoms with Crippen molar-refractivity contribution in [3.8, 4) is 10.6 Å². The molecule has 0 saturated carbocycles. The monoisotopic (exact) mass is 535 g/mol. The predicted octanol–water partition coefficient (Wildman–Crippen LogP) is 4.20. The summed E-state index contributed by atoms with van der Waals surface area (Å²) in [5, 5.41) is 15.3. The van der Waals surface area contributed by atoms with Crippen LogP contribution in [0.1, 0.15) is 24.6 Å². The second-order valence-corrected chi connectivity index (χ2v) is 10.4. The zero-order valence-corrected chi connectivity index (χ0v) is 20.7. The molecule has 0 N–H and O–H groups in total. The van der Waals surface area contributed by atoms with Gasteiger partial charge in [0.15, 0.2) is 5.82 Å². The highest BCUT2D eigenvalue weighted by Gasteiger charge is 2.26. The lowest BCUT2D eigenvalue weighted by Crippen LogP contribution is -2.37. The van der Waals surface area contributed by atoms with E-state index in [1.165, 1.54) is 0 Å². The third-order valence-corrected chi connectivity index (χ3v) is 7.87. The molecule has 1 saturated heterocycles. The van der Waals surface area contributed by atoms with Crippen LogP contribution in [0.3, 0.4) is 0 Å². The van der Waals surface area contributed by atoms with E-state index in [1.807, 2.05) is 40.9 Å². The van der Waals surface area contributed by atoms with E-state index in [-0.39, 0.29) is 5.56 Å². The van der Waals surface area contributed by atoms with E-state index in [0.717, 1.165) is 63.8 Å². The highest BCUT2D eigenvalue weighted by atomic mass is 79.9. The molecule has 5 aromatic rings. The second kappa shape index (κ2) is 9.01. The summed E-state index contributed by atoms with van der Waals surface area (Å²) in [6, 6.07) is 15.6. The molecular weight excluding hydrogens is 514 g/mol. The number of nitrogens with zero attached hydrogens (tertiary/aromatic N) is 7. The van der Waals surface area contributed by atoms with Crippen LogP contribution in [0.25, 0.3) is 26.4 Å². The molecule has 0 spiro atoms. The van der Waals surface area contributed by atoms with Crippen molar-refractivity contribution in [2.75, 3.05) is 19.6 Å². The molecule has 0 amide bonds. The van der Waals surface area contributed by atoms with Gasteiger partial charge in [0.1, 0.15) is 5.01 Å². The average molecular weight is 536 g/mol. The van der Waals surface area contributed by atoms with Crippen molar-refractivity contribution >= 4 is 43.1 Å². The first-order valence-corrected chi connectivity index (χ1v) is 12.9. The number of para-hydroxylation sites is 1. The van der Waals surface area contributed by atoms with Crippen LogP contribution < -0.4 is 5.56 Å². The average Bonchev–Trinajstić information content (AvgIpc) is 3.46. The lowest BCUT2D eigenvalue weighted by atomic mass is 9.96. The highest BCUT2D eigenvalue weighted by molar-refractivity contribution is 9.10. The summed E-state index contributed by atoms with van der Waals surface area (Å²) in [6.45, 7) is 3.38. The van der Waals surface area contributed by atoms with E-state index in [9.17, 15) is 4.79 Å². The summed E-state index contributed by atoms with van der Waals surface area (Å²) < 4.78 is 4.67. The van der Waals surface area contributed by atoms with Gasteiger partial charge < -0.3 is 4.90 Å². The maximum atomic E-state index is 12.7. The number of fused-ring (bicyclic) bond motifs is 2. The van der Waals surface area contributed by atoms with Gasteiger partial charge in [0.05, 0.1) is 17.2 Å². The first-order chi connectivity index (χ1) is 16.7. The number of halogens is 1. The van der Waals surface area contributed by atoms with Gasteiger partial charge in [-0.2, -0.15) is 9.61 Å². The SMILES string of the molecule is O=c1c2ccccc2ncn1CCN1CCC(c2nnc3sc(-c4cccc(Br)c4)nn23)CC1. The van der Waals surface area contributed by atoms with Crippen molar-refractivity contribution in [1.29, 1.82) is 0 Å². The molecule has 1 aliphatic heterocycles. The van der Waals surface area contributed by atoms with Gasteiger partial charge in [-0.05, 0) is 50.2 Å². The zero-order valence-electron chi connectivity index (χ0n) is 18.3. The largest absolute Gasteiger partial charge is 0.302 e. The van der Waals surface area contributed by atoms with E-state index >= 15 is 0 Å². The van der Waals surface area contributed by atoms with Crippen LogP contribution >= 0.6 is 27.3 Å². The number of benzene rings is 2. The minimum absolute atomic E-state index is 0.0242. The number of aromatic nitrogens is 6. The molecule has 10 heteroatoms. The Hall–Kier alpha value is -2.95. The summed E-state index contributed by atoms with van der Waals surface area (Å²) in [6.07, 6.45) is 3.65. The van der Waals surface area contributed by atoms with Crippen LogP contribution in [0.5, 0.6) is 0 Å². The molecule has 0 aliphatic carbocycles. The van der Waals surface area contributed by atoms with Crippen LogP contribution in [0.2, 0.25) is 0 Å². The number of likely N-dealkylation sites (tertiary alicyclic amines) is 1. The molecule has 0 unspecified atom stereocenters. The first kappa shape index (κ1) is 21.6.